The molecular weight excluding hydrogens is 360 g/mol. The Hall–Kier alpha value is -1.76. The molecule has 0 fully saturated rings. The van der Waals surface area contributed by atoms with Crippen LogP contribution in [0, 0.1) is 11.8 Å². The van der Waals surface area contributed by atoms with Gasteiger partial charge < -0.3 is 9.73 Å². The quantitative estimate of drug-likeness (QED) is 0.565. The molecule has 6 nitrogen and oxygen atoms in total. The Morgan fingerprint density at radius 1 is 1.19 bits per heavy atom. The first-order valence-electron chi connectivity index (χ1n) is 9.76. The fourth-order valence-corrected chi connectivity index (χ4v) is 3.62. The molecule has 2 heterocycles. The number of thioether (sulfide) groups is 1. The van der Waals surface area contributed by atoms with Gasteiger partial charge in [0.15, 0.2) is 16.7 Å². The lowest BCUT2D eigenvalue weighted by Gasteiger charge is -2.15. The van der Waals surface area contributed by atoms with E-state index in [1.807, 2.05) is 16.7 Å². The number of rotatable bonds is 11. The lowest BCUT2D eigenvalue weighted by Crippen LogP contribution is -2.33. The maximum Gasteiger partial charge on any atom is 0.230 e. The Morgan fingerprint density at radius 2 is 1.96 bits per heavy atom. The second kappa shape index (κ2) is 10.5. The van der Waals surface area contributed by atoms with E-state index in [2.05, 4.69) is 50.1 Å². The van der Waals surface area contributed by atoms with E-state index in [9.17, 15) is 4.79 Å². The number of hydrogen-bond donors (Lipinski definition) is 1. The molecule has 7 heteroatoms. The molecule has 0 radical (unpaired) electrons. The zero-order valence-electron chi connectivity index (χ0n) is 17.1. The van der Waals surface area contributed by atoms with Crippen LogP contribution in [-0.4, -0.2) is 32.5 Å². The molecule has 1 amide bonds. The highest BCUT2D eigenvalue weighted by Crippen LogP contribution is 2.25. The number of amides is 1. The van der Waals surface area contributed by atoms with Gasteiger partial charge in [0.2, 0.25) is 5.91 Å². The molecule has 1 N–H and O–H groups in total. The van der Waals surface area contributed by atoms with E-state index in [1.54, 1.807) is 6.26 Å². The largest absolute Gasteiger partial charge is 0.461 e. The standard InChI is InChI=1S/C20H32N4O2S/c1-14(2)8-6-9-16(5)21-18(25)13-27-20-23-22-19(17-10-7-11-26-17)24(20)12-15(3)4/h7,10-11,14-16H,6,8-9,12-13H2,1-5H3,(H,21,25). The minimum absolute atomic E-state index is 0.0377. The summed E-state index contributed by atoms with van der Waals surface area (Å²) in [6.07, 6.45) is 4.98. The van der Waals surface area contributed by atoms with Crippen molar-refractivity contribution in [2.45, 2.75) is 71.6 Å². The Bertz CT molecular complexity index is 695. The molecular formula is C20H32N4O2S. The summed E-state index contributed by atoms with van der Waals surface area (Å²) in [7, 11) is 0. The molecule has 0 aliphatic rings. The first-order valence-corrected chi connectivity index (χ1v) is 10.7. The summed E-state index contributed by atoms with van der Waals surface area (Å²) in [4.78, 5) is 12.3. The average molecular weight is 393 g/mol. The maximum absolute atomic E-state index is 12.3. The average Bonchev–Trinajstić information content (AvgIpc) is 3.21. The molecule has 1 unspecified atom stereocenters. The molecule has 0 aromatic carbocycles. The zero-order chi connectivity index (χ0) is 19.8. The van der Waals surface area contributed by atoms with Crippen LogP contribution in [0.25, 0.3) is 11.6 Å². The predicted molar refractivity (Wildman–Crippen MR) is 110 cm³/mol. The Balaban J connectivity index is 1.92. The van der Waals surface area contributed by atoms with E-state index in [0.29, 0.717) is 29.2 Å². The predicted octanol–water partition coefficient (Wildman–Crippen LogP) is 4.62. The monoisotopic (exact) mass is 392 g/mol. The van der Waals surface area contributed by atoms with Crippen LogP contribution in [0.4, 0.5) is 0 Å². The molecule has 0 aliphatic heterocycles. The van der Waals surface area contributed by atoms with Crippen LogP contribution in [0.3, 0.4) is 0 Å². The highest BCUT2D eigenvalue weighted by molar-refractivity contribution is 7.99. The lowest BCUT2D eigenvalue weighted by atomic mass is 10.0. The van der Waals surface area contributed by atoms with Crippen molar-refractivity contribution >= 4 is 17.7 Å². The zero-order valence-corrected chi connectivity index (χ0v) is 17.9. The summed E-state index contributed by atoms with van der Waals surface area (Å²) < 4.78 is 7.51. The highest BCUT2D eigenvalue weighted by atomic mass is 32.2. The molecule has 0 aliphatic carbocycles. The van der Waals surface area contributed by atoms with E-state index < -0.39 is 0 Å². The molecule has 1 atom stereocenters. The van der Waals surface area contributed by atoms with Crippen molar-refractivity contribution in [3.63, 3.8) is 0 Å². The number of furan rings is 1. The third-order valence-corrected chi connectivity index (χ3v) is 5.13. The van der Waals surface area contributed by atoms with Crippen molar-refractivity contribution in [3.8, 4) is 11.6 Å². The fraction of sp³-hybridized carbons (Fsp3) is 0.650. The molecule has 2 rings (SSSR count). The maximum atomic E-state index is 12.3. The molecule has 150 valence electrons. The van der Waals surface area contributed by atoms with Gasteiger partial charge in [-0.05, 0) is 37.3 Å². The topological polar surface area (TPSA) is 73.0 Å². The third kappa shape index (κ3) is 7.05. The molecule has 0 saturated heterocycles. The van der Waals surface area contributed by atoms with Gasteiger partial charge in [0, 0.05) is 12.6 Å². The molecule has 0 bridgehead atoms. The van der Waals surface area contributed by atoms with Crippen LogP contribution in [0.2, 0.25) is 0 Å². The molecule has 2 aromatic heterocycles. The Morgan fingerprint density at radius 3 is 2.59 bits per heavy atom. The van der Waals surface area contributed by atoms with E-state index in [4.69, 9.17) is 4.42 Å². The van der Waals surface area contributed by atoms with Crippen LogP contribution >= 0.6 is 11.8 Å². The number of aromatic nitrogens is 3. The van der Waals surface area contributed by atoms with Crippen LogP contribution in [0.15, 0.2) is 28.0 Å². The summed E-state index contributed by atoms with van der Waals surface area (Å²) in [6, 6.07) is 3.91. The van der Waals surface area contributed by atoms with Crippen molar-refractivity contribution in [2.24, 2.45) is 11.8 Å². The highest BCUT2D eigenvalue weighted by Gasteiger charge is 2.18. The van der Waals surface area contributed by atoms with E-state index in [1.165, 1.54) is 18.2 Å². The second-order valence-electron chi connectivity index (χ2n) is 7.87. The van der Waals surface area contributed by atoms with E-state index >= 15 is 0 Å². The van der Waals surface area contributed by atoms with Crippen molar-refractivity contribution in [3.05, 3.63) is 18.4 Å². The van der Waals surface area contributed by atoms with Crippen molar-refractivity contribution < 1.29 is 9.21 Å². The summed E-state index contributed by atoms with van der Waals surface area (Å²) in [5.74, 6) is 2.92. The van der Waals surface area contributed by atoms with Crippen molar-refractivity contribution in [1.29, 1.82) is 0 Å². The number of nitrogens with one attached hydrogen (secondary N) is 1. The molecule has 0 spiro atoms. The van der Waals surface area contributed by atoms with Gasteiger partial charge in [0.25, 0.3) is 0 Å². The molecule has 27 heavy (non-hydrogen) atoms. The molecule has 2 aromatic rings. The summed E-state index contributed by atoms with van der Waals surface area (Å²) >= 11 is 1.42. The van der Waals surface area contributed by atoms with E-state index in [0.717, 1.165) is 24.5 Å². The minimum atomic E-state index is 0.0377. The minimum Gasteiger partial charge on any atom is -0.461 e. The Kier molecular flexibility index (Phi) is 8.41. The van der Waals surface area contributed by atoms with Gasteiger partial charge in [-0.15, -0.1) is 10.2 Å². The normalized spacial score (nSPS) is 12.7. The fourth-order valence-electron chi connectivity index (χ4n) is 2.86. The SMILES string of the molecule is CC(C)CCCC(C)NC(=O)CSc1nnc(-c2ccco2)n1CC(C)C. The van der Waals surface area contributed by atoms with E-state index in [-0.39, 0.29) is 11.9 Å². The van der Waals surface area contributed by atoms with Crippen LogP contribution < -0.4 is 5.32 Å². The number of hydrogen-bond acceptors (Lipinski definition) is 5. The van der Waals surface area contributed by atoms with Crippen molar-refractivity contribution in [1.82, 2.24) is 20.1 Å². The van der Waals surface area contributed by atoms with Gasteiger partial charge in [0.05, 0.1) is 12.0 Å². The number of carbonyl (C=O) groups excluding carboxylic acids is 1. The van der Waals surface area contributed by atoms with Gasteiger partial charge in [0.1, 0.15) is 0 Å². The van der Waals surface area contributed by atoms with Crippen LogP contribution in [-0.2, 0) is 11.3 Å². The summed E-state index contributed by atoms with van der Waals surface area (Å²) in [5.41, 5.74) is 0. The molecule has 0 saturated carbocycles. The number of carbonyl (C=O) groups is 1. The summed E-state index contributed by atoms with van der Waals surface area (Å²) in [5, 5.41) is 12.4. The number of nitrogens with zero attached hydrogens (tertiary/aromatic N) is 3. The lowest BCUT2D eigenvalue weighted by molar-refractivity contribution is -0.119. The first kappa shape index (κ1) is 21.5. The Labute approximate surface area is 166 Å². The smallest absolute Gasteiger partial charge is 0.230 e. The van der Waals surface area contributed by atoms with Gasteiger partial charge >= 0.3 is 0 Å². The third-order valence-electron chi connectivity index (χ3n) is 4.16. The van der Waals surface area contributed by atoms with Gasteiger partial charge in [-0.1, -0.05) is 52.3 Å². The first-order chi connectivity index (χ1) is 12.9. The van der Waals surface area contributed by atoms with Crippen LogP contribution in [0.5, 0.6) is 0 Å². The van der Waals surface area contributed by atoms with Gasteiger partial charge in [-0.25, -0.2) is 0 Å². The van der Waals surface area contributed by atoms with Crippen LogP contribution in [0.1, 0.15) is 53.9 Å². The second-order valence-corrected chi connectivity index (χ2v) is 8.81. The summed E-state index contributed by atoms with van der Waals surface area (Å²) in [6.45, 7) is 11.6. The van der Waals surface area contributed by atoms with Crippen molar-refractivity contribution in [2.75, 3.05) is 5.75 Å². The van der Waals surface area contributed by atoms with Gasteiger partial charge in [-0.3, -0.25) is 9.36 Å². The van der Waals surface area contributed by atoms with Gasteiger partial charge in [-0.2, -0.15) is 0 Å².